The number of carbonyl (C=O) groups excluding carboxylic acids is 2. The molecule has 0 saturated heterocycles. The number of benzene rings is 2. The van der Waals surface area contributed by atoms with Gasteiger partial charge in [0.2, 0.25) is 11.0 Å². The van der Waals surface area contributed by atoms with Crippen LogP contribution in [0, 0.1) is 6.92 Å². The number of amides is 2. The first kappa shape index (κ1) is 17.8. The van der Waals surface area contributed by atoms with E-state index in [0.29, 0.717) is 10.7 Å². The van der Waals surface area contributed by atoms with Crippen molar-refractivity contribution in [3.63, 3.8) is 0 Å². The molecule has 2 N–H and O–H groups in total. The second-order valence-corrected chi connectivity index (χ2v) is 6.81. The minimum absolute atomic E-state index is 0.300. The highest BCUT2D eigenvalue weighted by Crippen LogP contribution is 2.26. The average molecular weight is 366 g/mol. The number of anilines is 1. The molecule has 26 heavy (non-hydrogen) atoms. The second kappa shape index (κ2) is 7.88. The Morgan fingerprint density at radius 3 is 2.38 bits per heavy atom. The smallest absolute Gasteiger partial charge is 0.251 e. The molecule has 0 spiro atoms. The van der Waals surface area contributed by atoms with E-state index in [1.807, 2.05) is 37.3 Å². The van der Waals surface area contributed by atoms with Crippen molar-refractivity contribution in [3.8, 4) is 10.6 Å². The van der Waals surface area contributed by atoms with Gasteiger partial charge in [0.15, 0.2) is 0 Å². The summed E-state index contributed by atoms with van der Waals surface area (Å²) in [4.78, 5) is 24.4. The molecule has 0 fully saturated rings. The number of carbonyl (C=O) groups is 2. The van der Waals surface area contributed by atoms with Crippen LogP contribution in [0.25, 0.3) is 10.6 Å². The fourth-order valence-electron chi connectivity index (χ4n) is 2.24. The van der Waals surface area contributed by atoms with E-state index in [4.69, 9.17) is 0 Å². The summed E-state index contributed by atoms with van der Waals surface area (Å²) in [6.45, 7) is 3.64. The highest BCUT2D eigenvalue weighted by Gasteiger charge is 2.18. The SMILES string of the molecule is Cc1ccc(-c2nnc(NC(=O)[C@@H](C)NC(=O)c3ccccc3)s2)cc1. The van der Waals surface area contributed by atoms with Gasteiger partial charge < -0.3 is 5.32 Å². The predicted octanol–water partition coefficient (Wildman–Crippen LogP) is 3.27. The van der Waals surface area contributed by atoms with E-state index in [1.54, 1.807) is 31.2 Å². The van der Waals surface area contributed by atoms with Crippen molar-refractivity contribution < 1.29 is 9.59 Å². The van der Waals surface area contributed by atoms with Gasteiger partial charge in [0, 0.05) is 11.1 Å². The maximum Gasteiger partial charge on any atom is 0.251 e. The van der Waals surface area contributed by atoms with Gasteiger partial charge in [-0.25, -0.2) is 0 Å². The molecule has 2 aromatic carbocycles. The molecule has 3 aromatic rings. The van der Waals surface area contributed by atoms with Crippen molar-refractivity contribution in [2.45, 2.75) is 19.9 Å². The Kier molecular flexibility index (Phi) is 5.38. The van der Waals surface area contributed by atoms with Crippen LogP contribution >= 0.6 is 11.3 Å². The van der Waals surface area contributed by atoms with Crippen LogP contribution in [0.4, 0.5) is 5.13 Å². The van der Waals surface area contributed by atoms with Crippen LogP contribution in [0.3, 0.4) is 0 Å². The van der Waals surface area contributed by atoms with Crippen LogP contribution in [0.15, 0.2) is 54.6 Å². The third kappa shape index (κ3) is 4.31. The molecule has 0 bridgehead atoms. The molecule has 1 atom stereocenters. The molecule has 0 aliphatic rings. The van der Waals surface area contributed by atoms with E-state index in [-0.39, 0.29) is 11.8 Å². The Labute approximate surface area is 155 Å². The lowest BCUT2D eigenvalue weighted by molar-refractivity contribution is -0.117. The van der Waals surface area contributed by atoms with Gasteiger partial charge in [0.1, 0.15) is 11.0 Å². The second-order valence-electron chi connectivity index (χ2n) is 5.83. The Bertz CT molecular complexity index is 907. The van der Waals surface area contributed by atoms with E-state index in [1.165, 1.54) is 11.3 Å². The van der Waals surface area contributed by atoms with E-state index >= 15 is 0 Å². The van der Waals surface area contributed by atoms with Crippen LogP contribution < -0.4 is 10.6 Å². The number of rotatable bonds is 5. The summed E-state index contributed by atoms with van der Waals surface area (Å²) in [7, 11) is 0. The maximum absolute atomic E-state index is 12.3. The molecule has 2 amide bonds. The molecule has 0 aliphatic carbocycles. The summed E-state index contributed by atoms with van der Waals surface area (Å²) >= 11 is 1.29. The highest BCUT2D eigenvalue weighted by molar-refractivity contribution is 7.18. The van der Waals surface area contributed by atoms with Crippen molar-refractivity contribution in [1.29, 1.82) is 0 Å². The van der Waals surface area contributed by atoms with E-state index in [9.17, 15) is 9.59 Å². The van der Waals surface area contributed by atoms with Gasteiger partial charge in [-0.2, -0.15) is 0 Å². The van der Waals surface area contributed by atoms with E-state index in [2.05, 4.69) is 20.8 Å². The van der Waals surface area contributed by atoms with Gasteiger partial charge in [0.05, 0.1) is 0 Å². The van der Waals surface area contributed by atoms with Crippen LogP contribution in [0.1, 0.15) is 22.8 Å². The molecule has 6 nitrogen and oxygen atoms in total. The summed E-state index contributed by atoms with van der Waals surface area (Å²) in [5.41, 5.74) is 2.61. The number of nitrogens with one attached hydrogen (secondary N) is 2. The molecule has 3 rings (SSSR count). The van der Waals surface area contributed by atoms with Crippen LogP contribution in [0.2, 0.25) is 0 Å². The summed E-state index contributed by atoms with van der Waals surface area (Å²) in [6, 6.07) is 16.0. The maximum atomic E-state index is 12.3. The molecule has 7 heteroatoms. The van der Waals surface area contributed by atoms with Crippen LogP contribution in [-0.2, 0) is 4.79 Å². The lowest BCUT2D eigenvalue weighted by atomic mass is 10.2. The molecule has 0 saturated carbocycles. The minimum atomic E-state index is -0.700. The molecule has 1 aromatic heterocycles. The van der Waals surface area contributed by atoms with Crippen molar-refractivity contribution in [1.82, 2.24) is 15.5 Å². The van der Waals surface area contributed by atoms with Crippen molar-refractivity contribution >= 4 is 28.3 Å². The third-order valence-corrected chi connectivity index (χ3v) is 4.62. The number of aromatic nitrogens is 2. The van der Waals surface area contributed by atoms with E-state index in [0.717, 1.165) is 16.1 Å². The Morgan fingerprint density at radius 1 is 1.00 bits per heavy atom. The van der Waals surface area contributed by atoms with Crippen LogP contribution in [-0.4, -0.2) is 28.1 Å². The van der Waals surface area contributed by atoms with Gasteiger partial charge in [-0.15, -0.1) is 10.2 Å². The molecule has 0 aliphatic heterocycles. The lowest BCUT2D eigenvalue weighted by Gasteiger charge is -2.12. The van der Waals surface area contributed by atoms with Crippen LogP contribution in [0.5, 0.6) is 0 Å². The molecule has 0 unspecified atom stereocenters. The average Bonchev–Trinajstić information content (AvgIpc) is 3.11. The zero-order valence-corrected chi connectivity index (χ0v) is 15.2. The normalized spacial score (nSPS) is 11.6. The minimum Gasteiger partial charge on any atom is -0.341 e. The molecular weight excluding hydrogens is 348 g/mol. The standard InChI is InChI=1S/C19H18N4O2S/c1-12-8-10-15(11-9-12)18-22-23-19(26-18)21-16(24)13(2)20-17(25)14-6-4-3-5-7-14/h3-11,13H,1-2H3,(H,20,25)(H,21,23,24)/t13-/m1/s1. The van der Waals surface area contributed by atoms with Gasteiger partial charge in [-0.3, -0.25) is 14.9 Å². The van der Waals surface area contributed by atoms with Gasteiger partial charge in [0.25, 0.3) is 5.91 Å². The fourth-order valence-corrected chi connectivity index (χ4v) is 2.99. The topological polar surface area (TPSA) is 84.0 Å². The molecule has 132 valence electrons. The summed E-state index contributed by atoms with van der Waals surface area (Å²) in [5.74, 6) is -0.647. The quantitative estimate of drug-likeness (QED) is 0.726. The Hall–Kier alpha value is -3.06. The first-order chi connectivity index (χ1) is 12.5. The molecule has 1 heterocycles. The largest absolute Gasteiger partial charge is 0.341 e. The number of hydrogen-bond acceptors (Lipinski definition) is 5. The lowest BCUT2D eigenvalue weighted by Crippen LogP contribution is -2.41. The summed E-state index contributed by atoms with van der Waals surface area (Å²) in [5, 5.41) is 14.6. The van der Waals surface area contributed by atoms with Gasteiger partial charge in [-0.1, -0.05) is 59.4 Å². The monoisotopic (exact) mass is 366 g/mol. The van der Waals surface area contributed by atoms with Crippen molar-refractivity contribution in [2.75, 3.05) is 5.32 Å². The first-order valence-electron chi connectivity index (χ1n) is 8.10. The van der Waals surface area contributed by atoms with Crippen molar-refractivity contribution in [3.05, 3.63) is 65.7 Å². The molecular formula is C19H18N4O2S. The number of nitrogens with zero attached hydrogens (tertiary/aromatic N) is 2. The fraction of sp³-hybridized carbons (Fsp3) is 0.158. The molecule has 0 radical (unpaired) electrons. The van der Waals surface area contributed by atoms with Crippen molar-refractivity contribution in [2.24, 2.45) is 0 Å². The predicted molar refractivity (Wildman–Crippen MR) is 102 cm³/mol. The Morgan fingerprint density at radius 2 is 1.69 bits per heavy atom. The van der Waals surface area contributed by atoms with E-state index < -0.39 is 6.04 Å². The highest BCUT2D eigenvalue weighted by atomic mass is 32.1. The summed E-state index contributed by atoms with van der Waals surface area (Å²) < 4.78 is 0. The zero-order chi connectivity index (χ0) is 18.5. The number of aryl methyl sites for hydroxylation is 1. The number of hydrogen-bond donors (Lipinski definition) is 2. The van der Waals surface area contributed by atoms with Gasteiger partial charge in [-0.05, 0) is 26.0 Å². The third-order valence-electron chi connectivity index (χ3n) is 3.73. The summed E-state index contributed by atoms with van der Waals surface area (Å²) in [6.07, 6.45) is 0. The zero-order valence-electron chi connectivity index (χ0n) is 14.4. The first-order valence-corrected chi connectivity index (χ1v) is 8.92. The van der Waals surface area contributed by atoms with Gasteiger partial charge >= 0.3 is 0 Å². The Balaban J connectivity index is 1.61.